The molecule has 0 spiro atoms. The Morgan fingerprint density at radius 1 is 1.50 bits per heavy atom. The Hall–Kier alpha value is -1.84. The number of carboxylic acids is 1. The number of nitrogens with zero attached hydrogens (tertiary/aromatic N) is 2. The number of aromatic nitrogens is 2. The highest BCUT2D eigenvalue weighted by molar-refractivity contribution is 5.75. The van der Waals surface area contributed by atoms with Crippen molar-refractivity contribution >= 4 is 17.0 Å². The van der Waals surface area contributed by atoms with E-state index in [1.807, 2.05) is 35.8 Å². The van der Waals surface area contributed by atoms with Gasteiger partial charge in [-0.1, -0.05) is 19.1 Å². The van der Waals surface area contributed by atoms with Gasteiger partial charge in [0, 0.05) is 6.54 Å². The standard InChI is InChI=1S/C12H14N2O2/c1-2-9(12(15)16)7-14-8-13-10-5-3-4-6-11(10)14/h3-6,8-9H,2,7H2,1H3,(H,15,16). The predicted molar refractivity (Wildman–Crippen MR) is 61.1 cm³/mol. The molecule has 1 aromatic carbocycles. The fourth-order valence-electron chi connectivity index (χ4n) is 1.78. The summed E-state index contributed by atoms with van der Waals surface area (Å²) >= 11 is 0. The highest BCUT2D eigenvalue weighted by Gasteiger charge is 2.16. The lowest BCUT2D eigenvalue weighted by molar-refractivity contribution is -0.142. The van der Waals surface area contributed by atoms with E-state index in [1.54, 1.807) is 6.33 Å². The largest absolute Gasteiger partial charge is 0.481 e. The maximum atomic E-state index is 11.0. The molecule has 0 aliphatic heterocycles. The topological polar surface area (TPSA) is 55.1 Å². The number of rotatable bonds is 4. The number of hydrogen-bond acceptors (Lipinski definition) is 2. The first kappa shape index (κ1) is 10.7. The molecule has 1 N–H and O–H groups in total. The summed E-state index contributed by atoms with van der Waals surface area (Å²) in [7, 11) is 0. The number of benzene rings is 1. The summed E-state index contributed by atoms with van der Waals surface area (Å²) in [5.74, 6) is -1.10. The summed E-state index contributed by atoms with van der Waals surface area (Å²) in [5.41, 5.74) is 1.89. The van der Waals surface area contributed by atoms with Gasteiger partial charge in [0.15, 0.2) is 0 Å². The van der Waals surface area contributed by atoms with Crippen LogP contribution in [-0.4, -0.2) is 20.6 Å². The van der Waals surface area contributed by atoms with Crippen LogP contribution in [0.15, 0.2) is 30.6 Å². The number of para-hydroxylation sites is 2. The summed E-state index contributed by atoms with van der Waals surface area (Å²) < 4.78 is 1.90. The molecule has 1 aromatic heterocycles. The second-order valence-corrected chi connectivity index (χ2v) is 3.83. The molecule has 0 bridgehead atoms. The van der Waals surface area contributed by atoms with Crippen LogP contribution >= 0.6 is 0 Å². The van der Waals surface area contributed by atoms with Gasteiger partial charge in [0.2, 0.25) is 0 Å². The van der Waals surface area contributed by atoms with Crippen LogP contribution in [0, 0.1) is 5.92 Å². The van der Waals surface area contributed by atoms with E-state index in [4.69, 9.17) is 5.11 Å². The van der Waals surface area contributed by atoms with Crippen LogP contribution in [0.25, 0.3) is 11.0 Å². The Labute approximate surface area is 93.5 Å². The van der Waals surface area contributed by atoms with Crippen LogP contribution in [0.3, 0.4) is 0 Å². The molecule has 16 heavy (non-hydrogen) atoms. The molecule has 0 aliphatic carbocycles. The average molecular weight is 218 g/mol. The average Bonchev–Trinajstić information content (AvgIpc) is 2.69. The van der Waals surface area contributed by atoms with Crippen molar-refractivity contribution in [1.29, 1.82) is 0 Å². The van der Waals surface area contributed by atoms with Gasteiger partial charge >= 0.3 is 5.97 Å². The normalized spacial score (nSPS) is 12.8. The van der Waals surface area contributed by atoms with Crippen molar-refractivity contribution in [3.8, 4) is 0 Å². The molecule has 0 saturated heterocycles. The second kappa shape index (κ2) is 4.35. The zero-order valence-corrected chi connectivity index (χ0v) is 9.13. The Balaban J connectivity index is 2.30. The van der Waals surface area contributed by atoms with E-state index < -0.39 is 5.97 Å². The van der Waals surface area contributed by atoms with Crippen molar-refractivity contribution < 1.29 is 9.90 Å². The second-order valence-electron chi connectivity index (χ2n) is 3.83. The summed E-state index contributed by atoms with van der Waals surface area (Å²) in [4.78, 5) is 15.2. The molecule has 4 heteroatoms. The van der Waals surface area contributed by atoms with Crippen LogP contribution in [0.2, 0.25) is 0 Å². The molecule has 2 rings (SSSR count). The molecule has 1 heterocycles. The third kappa shape index (κ3) is 1.91. The first-order chi connectivity index (χ1) is 7.72. The van der Waals surface area contributed by atoms with Gasteiger partial charge < -0.3 is 9.67 Å². The molecule has 0 aliphatic rings. The van der Waals surface area contributed by atoms with Gasteiger partial charge in [-0.3, -0.25) is 4.79 Å². The first-order valence-corrected chi connectivity index (χ1v) is 5.35. The Bertz CT molecular complexity index is 504. The van der Waals surface area contributed by atoms with Crippen LogP contribution in [0.5, 0.6) is 0 Å². The minimum atomic E-state index is -0.750. The lowest BCUT2D eigenvalue weighted by atomic mass is 10.1. The fourth-order valence-corrected chi connectivity index (χ4v) is 1.78. The Kier molecular flexibility index (Phi) is 2.90. The molecule has 84 valence electrons. The smallest absolute Gasteiger partial charge is 0.308 e. The van der Waals surface area contributed by atoms with Gasteiger partial charge in [0.05, 0.1) is 23.3 Å². The third-order valence-electron chi connectivity index (χ3n) is 2.79. The van der Waals surface area contributed by atoms with Crippen LogP contribution < -0.4 is 0 Å². The van der Waals surface area contributed by atoms with Crippen molar-refractivity contribution in [1.82, 2.24) is 9.55 Å². The lowest BCUT2D eigenvalue weighted by Gasteiger charge is -2.10. The van der Waals surface area contributed by atoms with E-state index in [0.29, 0.717) is 13.0 Å². The minimum Gasteiger partial charge on any atom is -0.481 e. The van der Waals surface area contributed by atoms with Gasteiger partial charge in [-0.25, -0.2) is 4.98 Å². The molecule has 0 fully saturated rings. The van der Waals surface area contributed by atoms with Gasteiger partial charge in [0.1, 0.15) is 0 Å². The van der Waals surface area contributed by atoms with Gasteiger partial charge in [-0.05, 0) is 18.6 Å². The first-order valence-electron chi connectivity index (χ1n) is 5.35. The molecular formula is C12H14N2O2. The zero-order valence-electron chi connectivity index (χ0n) is 9.13. The molecule has 1 unspecified atom stereocenters. The van der Waals surface area contributed by atoms with Crippen molar-refractivity contribution in [3.63, 3.8) is 0 Å². The fraction of sp³-hybridized carbons (Fsp3) is 0.333. The summed E-state index contributed by atoms with van der Waals surface area (Å²) in [6.07, 6.45) is 2.33. The third-order valence-corrected chi connectivity index (χ3v) is 2.79. The highest BCUT2D eigenvalue weighted by Crippen LogP contribution is 2.15. The molecular weight excluding hydrogens is 204 g/mol. The van der Waals surface area contributed by atoms with Crippen molar-refractivity contribution in [2.45, 2.75) is 19.9 Å². The number of imidazole rings is 1. The van der Waals surface area contributed by atoms with E-state index in [1.165, 1.54) is 0 Å². The maximum absolute atomic E-state index is 11.0. The van der Waals surface area contributed by atoms with Crippen LogP contribution in [0.4, 0.5) is 0 Å². The SMILES string of the molecule is CCC(Cn1cnc2ccccc21)C(=O)O. The molecule has 2 aromatic rings. The van der Waals surface area contributed by atoms with E-state index in [9.17, 15) is 4.79 Å². The van der Waals surface area contributed by atoms with E-state index in [-0.39, 0.29) is 5.92 Å². The van der Waals surface area contributed by atoms with E-state index in [0.717, 1.165) is 11.0 Å². The number of carboxylic acid groups (broad SMARTS) is 1. The maximum Gasteiger partial charge on any atom is 0.308 e. The molecule has 4 nitrogen and oxygen atoms in total. The lowest BCUT2D eigenvalue weighted by Crippen LogP contribution is -2.18. The van der Waals surface area contributed by atoms with Crippen molar-refractivity contribution in [2.75, 3.05) is 0 Å². The highest BCUT2D eigenvalue weighted by atomic mass is 16.4. The number of aliphatic carboxylic acids is 1. The molecule has 1 atom stereocenters. The molecule has 0 saturated carbocycles. The van der Waals surface area contributed by atoms with Gasteiger partial charge in [-0.15, -0.1) is 0 Å². The Morgan fingerprint density at radius 3 is 2.94 bits per heavy atom. The monoisotopic (exact) mass is 218 g/mol. The van der Waals surface area contributed by atoms with Gasteiger partial charge in [0.25, 0.3) is 0 Å². The van der Waals surface area contributed by atoms with Crippen molar-refractivity contribution in [2.24, 2.45) is 5.92 Å². The van der Waals surface area contributed by atoms with Crippen LogP contribution in [-0.2, 0) is 11.3 Å². The number of fused-ring (bicyclic) bond motifs is 1. The Morgan fingerprint density at radius 2 is 2.25 bits per heavy atom. The van der Waals surface area contributed by atoms with Crippen molar-refractivity contribution in [3.05, 3.63) is 30.6 Å². The van der Waals surface area contributed by atoms with Crippen LogP contribution in [0.1, 0.15) is 13.3 Å². The van der Waals surface area contributed by atoms with E-state index in [2.05, 4.69) is 4.98 Å². The molecule has 0 amide bonds. The molecule has 0 radical (unpaired) electrons. The zero-order chi connectivity index (χ0) is 11.5. The summed E-state index contributed by atoms with van der Waals surface area (Å²) in [6.45, 7) is 2.37. The minimum absolute atomic E-state index is 0.349. The summed E-state index contributed by atoms with van der Waals surface area (Å²) in [6, 6.07) is 7.74. The number of carbonyl (C=O) groups is 1. The van der Waals surface area contributed by atoms with Gasteiger partial charge in [-0.2, -0.15) is 0 Å². The number of hydrogen-bond donors (Lipinski definition) is 1. The van der Waals surface area contributed by atoms with E-state index >= 15 is 0 Å². The predicted octanol–water partition coefficient (Wildman–Crippen LogP) is 2.15. The quantitative estimate of drug-likeness (QED) is 0.855. The summed E-state index contributed by atoms with van der Waals surface area (Å²) in [5, 5.41) is 9.01.